The molecular weight excluding hydrogens is 196 g/mol. The molecule has 1 aromatic carbocycles. The predicted molar refractivity (Wildman–Crippen MR) is 66.8 cm³/mol. The molecule has 86 valence electrons. The fourth-order valence-electron chi connectivity index (χ4n) is 1.35. The second-order valence-corrected chi connectivity index (χ2v) is 5.33. The Morgan fingerprint density at radius 1 is 1.12 bits per heavy atom. The van der Waals surface area contributed by atoms with Crippen molar-refractivity contribution in [2.45, 2.75) is 39.8 Å². The first-order valence-corrected chi connectivity index (χ1v) is 5.59. The lowest BCUT2D eigenvalue weighted by Gasteiger charge is -2.36. The highest BCUT2D eigenvalue weighted by atomic mass is 15.0. The summed E-state index contributed by atoms with van der Waals surface area (Å²) in [5, 5.41) is 12.6. The van der Waals surface area contributed by atoms with Gasteiger partial charge in [-0.15, -0.1) is 0 Å². The summed E-state index contributed by atoms with van der Waals surface area (Å²) in [6, 6.07) is 12.5. The molecule has 0 bridgehead atoms. The van der Waals surface area contributed by atoms with Gasteiger partial charge in [0.05, 0.1) is 6.07 Å². The minimum Gasteiger partial charge on any atom is -0.295 e. The van der Waals surface area contributed by atoms with E-state index < -0.39 is 5.54 Å². The predicted octanol–water partition coefficient (Wildman–Crippen LogP) is 3.10. The molecule has 0 aliphatic rings. The van der Waals surface area contributed by atoms with Crippen LogP contribution in [0.1, 0.15) is 33.3 Å². The van der Waals surface area contributed by atoms with Gasteiger partial charge < -0.3 is 0 Å². The second-order valence-electron chi connectivity index (χ2n) is 5.33. The van der Waals surface area contributed by atoms with Crippen molar-refractivity contribution in [3.8, 4) is 6.07 Å². The van der Waals surface area contributed by atoms with Crippen LogP contribution >= 0.6 is 0 Å². The van der Waals surface area contributed by atoms with E-state index in [1.165, 1.54) is 5.56 Å². The van der Waals surface area contributed by atoms with Crippen LogP contribution in [0.25, 0.3) is 0 Å². The van der Waals surface area contributed by atoms with Crippen LogP contribution in [-0.4, -0.2) is 5.54 Å². The molecule has 2 heteroatoms. The van der Waals surface area contributed by atoms with Crippen LogP contribution in [0.3, 0.4) is 0 Å². The van der Waals surface area contributed by atoms with Gasteiger partial charge in [-0.2, -0.15) is 5.26 Å². The number of benzene rings is 1. The lowest BCUT2D eigenvalue weighted by molar-refractivity contribution is 0.214. The van der Waals surface area contributed by atoms with Crippen LogP contribution < -0.4 is 5.32 Å². The van der Waals surface area contributed by atoms with Crippen molar-refractivity contribution in [1.82, 2.24) is 5.32 Å². The quantitative estimate of drug-likeness (QED) is 0.842. The zero-order chi connectivity index (χ0) is 12.2. The molecule has 2 nitrogen and oxygen atoms in total. The van der Waals surface area contributed by atoms with Crippen LogP contribution in [0.5, 0.6) is 0 Å². The zero-order valence-electron chi connectivity index (χ0n) is 10.5. The lowest BCUT2D eigenvalue weighted by Crippen LogP contribution is -2.50. The van der Waals surface area contributed by atoms with Crippen LogP contribution in [-0.2, 0) is 6.54 Å². The zero-order valence-corrected chi connectivity index (χ0v) is 10.5. The molecule has 0 saturated carbocycles. The lowest BCUT2D eigenvalue weighted by atomic mass is 9.76. The number of hydrogen-bond donors (Lipinski definition) is 1. The third-order valence-electron chi connectivity index (χ3n) is 3.21. The summed E-state index contributed by atoms with van der Waals surface area (Å²) >= 11 is 0. The summed E-state index contributed by atoms with van der Waals surface area (Å²) in [6.45, 7) is 8.91. The second kappa shape index (κ2) is 4.67. The molecule has 0 aliphatic heterocycles. The first kappa shape index (κ1) is 12.7. The Balaban J connectivity index is 2.71. The van der Waals surface area contributed by atoms with Crippen molar-refractivity contribution < 1.29 is 0 Å². The van der Waals surface area contributed by atoms with Gasteiger partial charge in [-0.25, -0.2) is 0 Å². The maximum atomic E-state index is 9.29. The number of hydrogen-bond acceptors (Lipinski definition) is 2. The van der Waals surface area contributed by atoms with Gasteiger partial charge in [0, 0.05) is 6.54 Å². The van der Waals surface area contributed by atoms with Crippen molar-refractivity contribution in [1.29, 1.82) is 5.26 Å². The van der Waals surface area contributed by atoms with Gasteiger partial charge in [-0.05, 0) is 17.9 Å². The van der Waals surface area contributed by atoms with E-state index in [-0.39, 0.29) is 5.41 Å². The van der Waals surface area contributed by atoms with E-state index in [0.29, 0.717) is 0 Å². The Morgan fingerprint density at radius 3 is 2.12 bits per heavy atom. The molecular formula is C14H20N2. The Bertz CT molecular complexity index is 370. The van der Waals surface area contributed by atoms with Crippen LogP contribution in [0.2, 0.25) is 0 Å². The molecule has 1 unspecified atom stereocenters. The fraction of sp³-hybridized carbons (Fsp3) is 0.500. The SMILES string of the molecule is CC(C)(C)C(C)(C#N)NCc1ccccc1. The molecule has 0 saturated heterocycles. The van der Waals surface area contributed by atoms with Crippen molar-refractivity contribution in [2.75, 3.05) is 0 Å². The molecule has 1 rings (SSSR count). The van der Waals surface area contributed by atoms with E-state index in [4.69, 9.17) is 0 Å². The molecule has 0 aliphatic carbocycles. The first-order valence-electron chi connectivity index (χ1n) is 5.59. The van der Waals surface area contributed by atoms with Gasteiger partial charge >= 0.3 is 0 Å². The summed E-state index contributed by atoms with van der Waals surface area (Å²) in [4.78, 5) is 0. The number of nitrogens with zero attached hydrogens (tertiary/aromatic N) is 1. The standard InChI is InChI=1S/C14H20N2/c1-13(2,3)14(4,11-15)16-10-12-8-6-5-7-9-12/h5-9,16H,10H2,1-4H3. The topological polar surface area (TPSA) is 35.8 Å². The highest BCUT2D eigenvalue weighted by Gasteiger charge is 2.37. The molecule has 1 aromatic rings. The van der Waals surface area contributed by atoms with E-state index in [2.05, 4.69) is 44.3 Å². The highest BCUT2D eigenvalue weighted by molar-refractivity contribution is 5.17. The van der Waals surface area contributed by atoms with Crippen molar-refractivity contribution >= 4 is 0 Å². The van der Waals surface area contributed by atoms with Crippen LogP contribution in [0.15, 0.2) is 30.3 Å². The highest BCUT2D eigenvalue weighted by Crippen LogP contribution is 2.29. The van der Waals surface area contributed by atoms with Gasteiger partial charge in [-0.3, -0.25) is 5.32 Å². The monoisotopic (exact) mass is 216 g/mol. The maximum absolute atomic E-state index is 9.29. The van der Waals surface area contributed by atoms with Gasteiger partial charge in [0.15, 0.2) is 0 Å². The van der Waals surface area contributed by atoms with E-state index in [0.717, 1.165) is 6.54 Å². The minimum atomic E-state index is -0.511. The minimum absolute atomic E-state index is 0.0868. The van der Waals surface area contributed by atoms with E-state index in [1.54, 1.807) is 0 Å². The summed E-state index contributed by atoms with van der Waals surface area (Å²) < 4.78 is 0. The summed E-state index contributed by atoms with van der Waals surface area (Å²) in [6.07, 6.45) is 0. The van der Waals surface area contributed by atoms with Gasteiger partial charge in [-0.1, -0.05) is 51.1 Å². The smallest absolute Gasteiger partial charge is 0.109 e. The van der Waals surface area contributed by atoms with E-state index in [1.807, 2.05) is 25.1 Å². The number of rotatable bonds is 3. The molecule has 0 aromatic heterocycles. The Hall–Kier alpha value is -1.33. The molecule has 1 atom stereocenters. The van der Waals surface area contributed by atoms with Gasteiger partial charge in [0.2, 0.25) is 0 Å². The summed E-state index contributed by atoms with van der Waals surface area (Å²) in [7, 11) is 0. The van der Waals surface area contributed by atoms with Gasteiger partial charge in [0.1, 0.15) is 5.54 Å². The van der Waals surface area contributed by atoms with Crippen molar-refractivity contribution in [3.05, 3.63) is 35.9 Å². The number of nitriles is 1. The van der Waals surface area contributed by atoms with E-state index >= 15 is 0 Å². The molecule has 0 spiro atoms. The Morgan fingerprint density at radius 2 is 1.69 bits per heavy atom. The molecule has 16 heavy (non-hydrogen) atoms. The largest absolute Gasteiger partial charge is 0.295 e. The van der Waals surface area contributed by atoms with Crippen LogP contribution in [0.4, 0.5) is 0 Å². The molecule has 1 N–H and O–H groups in total. The summed E-state index contributed by atoms with van der Waals surface area (Å²) in [5.41, 5.74) is 0.604. The molecule has 0 radical (unpaired) electrons. The molecule has 0 amide bonds. The Kier molecular flexibility index (Phi) is 3.72. The number of nitrogens with one attached hydrogen (secondary N) is 1. The molecule has 0 heterocycles. The molecule has 0 fully saturated rings. The van der Waals surface area contributed by atoms with Gasteiger partial charge in [0.25, 0.3) is 0 Å². The fourth-order valence-corrected chi connectivity index (χ4v) is 1.35. The third-order valence-corrected chi connectivity index (χ3v) is 3.21. The third kappa shape index (κ3) is 2.84. The van der Waals surface area contributed by atoms with E-state index in [9.17, 15) is 5.26 Å². The summed E-state index contributed by atoms with van der Waals surface area (Å²) in [5.74, 6) is 0. The maximum Gasteiger partial charge on any atom is 0.109 e. The average molecular weight is 216 g/mol. The normalized spacial score (nSPS) is 15.2. The van der Waals surface area contributed by atoms with Crippen molar-refractivity contribution in [3.63, 3.8) is 0 Å². The average Bonchev–Trinajstić information content (AvgIpc) is 2.26. The first-order chi connectivity index (χ1) is 7.39. The van der Waals surface area contributed by atoms with Crippen LogP contribution in [0, 0.1) is 16.7 Å². The Labute approximate surface area is 98.3 Å². The van der Waals surface area contributed by atoms with Crippen molar-refractivity contribution in [2.24, 2.45) is 5.41 Å².